The molecule has 0 N–H and O–H groups in total. The van der Waals surface area contributed by atoms with Crippen LogP contribution >= 0.6 is 0 Å². The van der Waals surface area contributed by atoms with E-state index in [-0.39, 0.29) is 0 Å². The van der Waals surface area contributed by atoms with Crippen LogP contribution in [0.5, 0.6) is 0 Å². The molecule has 0 aromatic rings. The first kappa shape index (κ1) is 4.71. The van der Waals surface area contributed by atoms with Gasteiger partial charge in [-0.3, -0.25) is 9.20 Å². The Balaban J connectivity index is 2.89. The van der Waals surface area contributed by atoms with Crippen LogP contribution in [-0.4, -0.2) is 9.25 Å². The summed E-state index contributed by atoms with van der Waals surface area (Å²) >= 11 is 0. The summed E-state index contributed by atoms with van der Waals surface area (Å²) in [6.45, 7) is 1.71. The number of hydrogen-bond acceptors (Lipinski definition) is 2. The van der Waals surface area contributed by atoms with Crippen LogP contribution in [0.2, 0.25) is 0 Å². The Labute approximate surface area is 44.4 Å². The molecule has 38 valence electrons. The summed E-state index contributed by atoms with van der Waals surface area (Å²) < 4.78 is 10.4. The van der Waals surface area contributed by atoms with E-state index in [4.69, 9.17) is 0 Å². The van der Waals surface area contributed by atoms with Gasteiger partial charge >= 0.3 is 0 Å². The Hall–Kier alpha value is -0.440. The first-order valence-electron chi connectivity index (χ1n) is 1.85. The third kappa shape index (κ3) is 0.771. The fourth-order valence-corrected chi connectivity index (χ4v) is 0.766. The van der Waals surface area contributed by atoms with Crippen LogP contribution in [0.25, 0.3) is 0 Å². The normalized spacial score (nSPS) is 28.1. The predicted octanol–water partition coefficient (Wildman–Crippen LogP) is 0.441. The van der Waals surface area contributed by atoms with Gasteiger partial charge in [-0.05, 0) is 6.92 Å². The summed E-state index contributed by atoms with van der Waals surface area (Å²) in [6.07, 6.45) is 1.44. The van der Waals surface area contributed by atoms with Crippen LogP contribution in [0.1, 0.15) is 6.92 Å². The lowest BCUT2D eigenvalue weighted by atomic mass is 10.8. The van der Waals surface area contributed by atoms with Gasteiger partial charge in [0.2, 0.25) is 0 Å². The summed E-state index contributed by atoms with van der Waals surface area (Å²) in [7, 11) is -1.02. The Morgan fingerprint density at radius 3 is 2.86 bits per heavy atom. The smallest absolute Gasteiger partial charge is 0.0670 e. The zero-order valence-corrected chi connectivity index (χ0v) is 4.66. The maximum absolute atomic E-state index is 10.4. The molecule has 0 aliphatic carbocycles. The number of aliphatic imine (C=N–C) groups is 1. The molecule has 0 aromatic heterocycles. The zero-order chi connectivity index (χ0) is 5.28. The van der Waals surface area contributed by atoms with Crippen LogP contribution in [0.15, 0.2) is 11.2 Å². The van der Waals surface area contributed by atoms with Crippen molar-refractivity contribution >= 4 is 15.8 Å². The molecule has 0 aromatic carbocycles. The topological polar surface area (TPSA) is 29.4 Å². The van der Waals surface area contributed by atoms with Gasteiger partial charge in [-0.25, -0.2) is 0 Å². The summed E-state index contributed by atoms with van der Waals surface area (Å²) in [5.74, 6) is 0. The maximum Gasteiger partial charge on any atom is 0.0670 e. The van der Waals surface area contributed by atoms with Gasteiger partial charge < -0.3 is 5.41 Å². The molecule has 0 spiro atoms. The van der Waals surface area contributed by atoms with E-state index in [0.29, 0.717) is 5.04 Å². The predicted molar refractivity (Wildman–Crippen MR) is 29.1 cm³/mol. The van der Waals surface area contributed by atoms with Crippen molar-refractivity contribution in [2.24, 2.45) is 4.99 Å². The van der Waals surface area contributed by atoms with E-state index in [1.54, 1.807) is 6.92 Å². The SMILES string of the molecule is CC1=NC=[C-]S1=O. The van der Waals surface area contributed by atoms with Crippen LogP contribution in [0.4, 0.5) is 0 Å². The molecule has 0 saturated heterocycles. The van der Waals surface area contributed by atoms with Crippen LogP contribution in [0, 0.1) is 5.41 Å². The number of nitrogens with zero attached hydrogens (tertiary/aromatic N) is 1. The van der Waals surface area contributed by atoms with Crippen molar-refractivity contribution in [3.05, 3.63) is 11.6 Å². The Morgan fingerprint density at radius 1 is 2.00 bits per heavy atom. The molecular weight excluding hydrogens is 110 g/mol. The minimum atomic E-state index is -1.02. The highest BCUT2D eigenvalue weighted by Crippen LogP contribution is 1.96. The first-order chi connectivity index (χ1) is 3.30. The standard InChI is InChI=1S/C4H4NOS/c1-4-5-2-3-7(4)6/h2H,1H3/q-1. The van der Waals surface area contributed by atoms with Gasteiger partial charge in [-0.15, -0.1) is 6.20 Å². The van der Waals surface area contributed by atoms with Crippen molar-refractivity contribution in [2.75, 3.05) is 0 Å². The molecule has 1 aliphatic rings. The van der Waals surface area contributed by atoms with Crippen molar-refractivity contribution in [3.8, 4) is 0 Å². The lowest BCUT2D eigenvalue weighted by molar-refractivity contribution is 0.694. The van der Waals surface area contributed by atoms with Crippen molar-refractivity contribution in [1.29, 1.82) is 0 Å². The number of hydrogen-bond donors (Lipinski definition) is 0. The minimum Gasteiger partial charge on any atom is -0.371 e. The first-order valence-corrected chi connectivity index (χ1v) is 3.00. The zero-order valence-electron chi connectivity index (χ0n) is 3.84. The van der Waals surface area contributed by atoms with Crippen molar-refractivity contribution < 1.29 is 4.21 Å². The van der Waals surface area contributed by atoms with Crippen molar-refractivity contribution in [3.63, 3.8) is 0 Å². The van der Waals surface area contributed by atoms with E-state index in [1.807, 2.05) is 0 Å². The molecule has 1 heterocycles. The van der Waals surface area contributed by atoms with Crippen molar-refractivity contribution in [1.82, 2.24) is 0 Å². The highest BCUT2D eigenvalue weighted by Gasteiger charge is 1.87. The van der Waals surface area contributed by atoms with Gasteiger partial charge in [0.25, 0.3) is 0 Å². The second kappa shape index (κ2) is 1.58. The van der Waals surface area contributed by atoms with E-state index in [9.17, 15) is 4.21 Å². The second-order valence-electron chi connectivity index (χ2n) is 1.16. The third-order valence-corrected chi connectivity index (χ3v) is 1.64. The molecular formula is C4H4NOS-. The Bertz CT molecular complexity index is 159. The summed E-state index contributed by atoms with van der Waals surface area (Å²) in [5.41, 5.74) is 0. The lowest BCUT2D eigenvalue weighted by Crippen LogP contribution is -1.91. The largest absolute Gasteiger partial charge is 0.371 e. The highest BCUT2D eigenvalue weighted by atomic mass is 32.2. The van der Waals surface area contributed by atoms with Gasteiger partial charge in [0.15, 0.2) is 0 Å². The fourth-order valence-electron chi connectivity index (χ4n) is 0.298. The highest BCUT2D eigenvalue weighted by molar-refractivity contribution is 8.02. The van der Waals surface area contributed by atoms with Gasteiger partial charge in [0.1, 0.15) is 0 Å². The fraction of sp³-hybridized carbons (Fsp3) is 0.250. The molecule has 1 rings (SSSR count). The molecule has 3 heteroatoms. The van der Waals surface area contributed by atoms with Gasteiger partial charge in [0, 0.05) is 0 Å². The number of rotatable bonds is 0. The van der Waals surface area contributed by atoms with E-state index < -0.39 is 10.8 Å². The van der Waals surface area contributed by atoms with Gasteiger partial charge in [0.05, 0.1) is 5.04 Å². The summed E-state index contributed by atoms with van der Waals surface area (Å²) in [6, 6.07) is 0. The average Bonchev–Trinajstić information content (AvgIpc) is 1.91. The van der Waals surface area contributed by atoms with Crippen LogP contribution in [0.3, 0.4) is 0 Å². The maximum atomic E-state index is 10.4. The quantitative estimate of drug-likeness (QED) is 0.420. The Kier molecular flexibility index (Phi) is 1.06. The molecule has 0 amide bonds. The van der Waals surface area contributed by atoms with E-state index >= 15 is 0 Å². The Morgan fingerprint density at radius 2 is 2.71 bits per heavy atom. The molecule has 1 atom stereocenters. The van der Waals surface area contributed by atoms with Gasteiger partial charge in [-0.1, -0.05) is 10.8 Å². The molecule has 0 radical (unpaired) electrons. The lowest BCUT2D eigenvalue weighted by Gasteiger charge is -1.92. The van der Waals surface area contributed by atoms with Gasteiger partial charge in [-0.2, -0.15) is 0 Å². The molecule has 2 nitrogen and oxygen atoms in total. The van der Waals surface area contributed by atoms with Crippen LogP contribution in [-0.2, 0) is 10.8 Å². The van der Waals surface area contributed by atoms with Crippen molar-refractivity contribution in [2.45, 2.75) is 6.92 Å². The molecule has 0 bridgehead atoms. The van der Waals surface area contributed by atoms with E-state index in [1.165, 1.54) is 6.20 Å². The summed E-state index contributed by atoms with van der Waals surface area (Å²) in [4.78, 5) is 3.70. The summed E-state index contributed by atoms with van der Waals surface area (Å²) in [5, 5.41) is 3.15. The van der Waals surface area contributed by atoms with Crippen LogP contribution < -0.4 is 0 Å². The van der Waals surface area contributed by atoms with E-state index in [0.717, 1.165) is 0 Å². The molecule has 0 saturated carbocycles. The minimum absolute atomic E-state index is 0.639. The van der Waals surface area contributed by atoms with E-state index in [2.05, 4.69) is 10.4 Å². The molecule has 1 aliphatic heterocycles. The third-order valence-electron chi connectivity index (χ3n) is 0.674. The molecule has 0 fully saturated rings. The molecule has 7 heavy (non-hydrogen) atoms. The average molecular weight is 114 g/mol. The molecule has 1 unspecified atom stereocenters. The monoisotopic (exact) mass is 114 g/mol. The second-order valence-corrected chi connectivity index (χ2v) is 2.53.